The first-order chi connectivity index (χ1) is 16.8. The fraction of sp³-hybridized carbons (Fsp3) is 0.222. The van der Waals surface area contributed by atoms with E-state index in [9.17, 15) is 19.5 Å². The van der Waals surface area contributed by atoms with Crippen molar-refractivity contribution in [2.75, 3.05) is 7.05 Å². The van der Waals surface area contributed by atoms with Gasteiger partial charge in [-0.3, -0.25) is 9.59 Å². The summed E-state index contributed by atoms with van der Waals surface area (Å²) in [7, 11) is 3.14. The van der Waals surface area contributed by atoms with Crippen molar-refractivity contribution >= 4 is 23.0 Å². The molecular formula is C27H25N3O5. The fourth-order valence-corrected chi connectivity index (χ4v) is 4.85. The van der Waals surface area contributed by atoms with E-state index < -0.39 is 11.6 Å². The number of rotatable bonds is 5. The number of fused-ring (bicyclic) bond motifs is 1. The summed E-state index contributed by atoms with van der Waals surface area (Å²) in [5.74, 6) is 0.118. The minimum absolute atomic E-state index is 0.230. The van der Waals surface area contributed by atoms with E-state index in [4.69, 9.17) is 4.42 Å². The molecule has 1 saturated carbocycles. The smallest absolute Gasteiger partial charge is 0.405 e. The molecule has 0 spiro atoms. The summed E-state index contributed by atoms with van der Waals surface area (Å²) in [6.45, 7) is 0. The average Bonchev–Trinajstić information content (AvgIpc) is 3.24. The predicted octanol–water partition coefficient (Wildman–Crippen LogP) is 4.47. The summed E-state index contributed by atoms with van der Waals surface area (Å²) >= 11 is 0. The van der Waals surface area contributed by atoms with Gasteiger partial charge in [-0.05, 0) is 30.4 Å². The van der Waals surface area contributed by atoms with Crippen LogP contribution in [0, 0.1) is 0 Å². The minimum atomic E-state index is -1.05. The maximum Gasteiger partial charge on any atom is 0.405 e. The zero-order valence-corrected chi connectivity index (χ0v) is 19.4. The molecule has 0 saturated heterocycles. The van der Waals surface area contributed by atoms with Gasteiger partial charge < -0.3 is 24.7 Å². The second kappa shape index (κ2) is 8.47. The molecule has 4 aromatic rings. The molecule has 3 N–H and O–H groups in total. The van der Waals surface area contributed by atoms with E-state index in [0.29, 0.717) is 16.7 Å². The number of nitrogens with zero attached hydrogens (tertiary/aromatic N) is 1. The molecule has 1 aliphatic rings. The Bertz CT molecular complexity index is 1500. The molecule has 5 rings (SSSR count). The van der Waals surface area contributed by atoms with Gasteiger partial charge in [0.2, 0.25) is 0 Å². The van der Waals surface area contributed by atoms with Gasteiger partial charge in [-0.15, -0.1) is 0 Å². The highest BCUT2D eigenvalue weighted by atomic mass is 16.4. The number of pyridine rings is 1. The van der Waals surface area contributed by atoms with Crippen molar-refractivity contribution in [2.45, 2.75) is 24.8 Å². The first kappa shape index (κ1) is 22.5. The van der Waals surface area contributed by atoms with Crippen LogP contribution in [0.1, 0.15) is 35.2 Å². The van der Waals surface area contributed by atoms with E-state index in [1.165, 1.54) is 17.8 Å². The number of nitrogens with one attached hydrogen (secondary N) is 2. The van der Waals surface area contributed by atoms with Gasteiger partial charge >= 0.3 is 6.09 Å². The molecule has 0 radical (unpaired) electrons. The number of aromatic nitrogens is 1. The van der Waals surface area contributed by atoms with E-state index >= 15 is 0 Å². The SMILES string of the molecule is CNC(=O)c1cn(C)c(=O)c2c(-c3ccccc3)c(-c3ccc(C4(NC(=O)O)CCC4)cc3)oc12. The lowest BCUT2D eigenvalue weighted by Gasteiger charge is -2.42. The van der Waals surface area contributed by atoms with Gasteiger partial charge in [0.25, 0.3) is 11.5 Å². The van der Waals surface area contributed by atoms with Gasteiger partial charge in [-0.2, -0.15) is 0 Å². The molecule has 1 aliphatic carbocycles. The monoisotopic (exact) mass is 471 g/mol. The lowest BCUT2D eigenvalue weighted by Crippen LogP contribution is -2.50. The third kappa shape index (κ3) is 3.67. The number of carbonyl (C=O) groups excluding carboxylic acids is 1. The number of aryl methyl sites for hydroxylation is 1. The van der Waals surface area contributed by atoms with Crippen LogP contribution in [0.2, 0.25) is 0 Å². The number of furan rings is 1. The first-order valence-corrected chi connectivity index (χ1v) is 11.4. The van der Waals surface area contributed by atoms with Crippen LogP contribution < -0.4 is 16.2 Å². The molecule has 2 heterocycles. The summed E-state index contributed by atoms with van der Waals surface area (Å²) in [5.41, 5.74) is 2.66. The van der Waals surface area contributed by atoms with Crippen LogP contribution in [0.4, 0.5) is 4.79 Å². The highest BCUT2D eigenvalue weighted by Crippen LogP contribution is 2.44. The molecule has 8 nitrogen and oxygen atoms in total. The van der Waals surface area contributed by atoms with Crippen molar-refractivity contribution in [2.24, 2.45) is 7.05 Å². The maximum absolute atomic E-state index is 13.3. The second-order valence-electron chi connectivity index (χ2n) is 8.86. The summed E-state index contributed by atoms with van der Waals surface area (Å²) in [5, 5.41) is 14.9. The first-order valence-electron chi connectivity index (χ1n) is 11.4. The third-order valence-corrected chi connectivity index (χ3v) is 6.80. The van der Waals surface area contributed by atoms with Gasteiger partial charge in [0.15, 0.2) is 5.58 Å². The Hall–Kier alpha value is -4.33. The fourth-order valence-electron chi connectivity index (χ4n) is 4.85. The van der Waals surface area contributed by atoms with Crippen LogP contribution in [-0.4, -0.2) is 28.7 Å². The maximum atomic E-state index is 13.3. The molecule has 0 aliphatic heterocycles. The number of amides is 2. The molecule has 0 unspecified atom stereocenters. The van der Waals surface area contributed by atoms with Crippen LogP contribution in [0.3, 0.4) is 0 Å². The van der Waals surface area contributed by atoms with E-state index in [-0.39, 0.29) is 22.6 Å². The standard InChI is InChI=1S/C27H25N3O5/c1-28-24(31)19-15-30(2)25(32)21-20(16-7-4-3-5-8-16)22(35-23(19)21)17-9-11-18(12-10-17)27(13-6-14-27)29-26(33)34/h3-5,7-12,15,29H,6,13-14H2,1-2H3,(H,28,31)(H,33,34). The van der Waals surface area contributed by atoms with Crippen LogP contribution in [0.15, 0.2) is 70.0 Å². The number of carbonyl (C=O) groups is 2. The van der Waals surface area contributed by atoms with Gasteiger partial charge in [0, 0.05) is 31.4 Å². The number of benzene rings is 2. The topological polar surface area (TPSA) is 114 Å². The average molecular weight is 472 g/mol. The largest absolute Gasteiger partial charge is 0.465 e. The Morgan fingerprint density at radius 3 is 2.29 bits per heavy atom. The third-order valence-electron chi connectivity index (χ3n) is 6.80. The molecule has 2 aromatic carbocycles. The summed E-state index contributed by atoms with van der Waals surface area (Å²) in [4.78, 5) is 37.2. The normalized spacial score (nSPS) is 14.3. The predicted molar refractivity (Wildman–Crippen MR) is 132 cm³/mol. The van der Waals surface area contributed by atoms with Gasteiger partial charge in [0.05, 0.1) is 16.5 Å². The zero-order chi connectivity index (χ0) is 24.7. The molecular weight excluding hydrogens is 446 g/mol. The molecule has 2 amide bonds. The van der Waals surface area contributed by atoms with Gasteiger partial charge in [0.1, 0.15) is 5.76 Å². The van der Waals surface area contributed by atoms with Crippen molar-refractivity contribution in [3.05, 3.63) is 82.3 Å². The number of hydrogen-bond acceptors (Lipinski definition) is 4. The van der Waals surface area contributed by atoms with Gasteiger partial charge in [-0.1, -0.05) is 54.6 Å². The van der Waals surface area contributed by atoms with Crippen molar-refractivity contribution in [3.63, 3.8) is 0 Å². The van der Waals surface area contributed by atoms with Crippen LogP contribution in [0.25, 0.3) is 33.4 Å². The molecule has 178 valence electrons. The van der Waals surface area contributed by atoms with E-state index in [1.54, 1.807) is 7.05 Å². The molecule has 35 heavy (non-hydrogen) atoms. The highest BCUT2D eigenvalue weighted by molar-refractivity contribution is 6.10. The summed E-state index contributed by atoms with van der Waals surface area (Å²) < 4.78 is 7.66. The molecule has 2 aromatic heterocycles. The summed E-state index contributed by atoms with van der Waals surface area (Å²) in [6.07, 6.45) is 2.87. The van der Waals surface area contributed by atoms with E-state index in [2.05, 4.69) is 10.6 Å². The Labute approximate surface area is 201 Å². The van der Waals surface area contributed by atoms with Crippen molar-refractivity contribution in [3.8, 4) is 22.5 Å². The summed E-state index contributed by atoms with van der Waals surface area (Å²) in [6, 6.07) is 17.0. The molecule has 8 heteroatoms. The Morgan fingerprint density at radius 2 is 1.71 bits per heavy atom. The lowest BCUT2D eigenvalue weighted by atomic mass is 9.72. The number of hydrogen-bond donors (Lipinski definition) is 3. The van der Waals surface area contributed by atoms with E-state index in [0.717, 1.165) is 36.0 Å². The second-order valence-corrected chi connectivity index (χ2v) is 8.86. The minimum Gasteiger partial charge on any atom is -0.465 e. The van der Waals surface area contributed by atoms with Gasteiger partial charge in [-0.25, -0.2) is 4.79 Å². The quantitative estimate of drug-likeness (QED) is 0.397. The molecule has 0 bridgehead atoms. The molecule has 0 atom stereocenters. The Balaban J connectivity index is 1.74. The van der Waals surface area contributed by atoms with Crippen LogP contribution >= 0.6 is 0 Å². The van der Waals surface area contributed by atoms with E-state index in [1.807, 2.05) is 54.6 Å². The number of carboxylic acid groups (broad SMARTS) is 1. The van der Waals surface area contributed by atoms with Crippen LogP contribution in [-0.2, 0) is 12.6 Å². The zero-order valence-electron chi connectivity index (χ0n) is 19.4. The lowest BCUT2D eigenvalue weighted by molar-refractivity contribution is 0.0963. The molecule has 1 fully saturated rings. The highest BCUT2D eigenvalue weighted by Gasteiger charge is 2.40. The Morgan fingerprint density at radius 1 is 1.03 bits per heavy atom. The van der Waals surface area contributed by atoms with Crippen LogP contribution in [0.5, 0.6) is 0 Å². The van der Waals surface area contributed by atoms with Crippen molar-refractivity contribution < 1.29 is 19.1 Å². The van der Waals surface area contributed by atoms with Crippen molar-refractivity contribution in [1.82, 2.24) is 15.2 Å². The van der Waals surface area contributed by atoms with Crippen molar-refractivity contribution in [1.29, 1.82) is 0 Å². The Kier molecular flexibility index (Phi) is 5.43.